The zero-order chi connectivity index (χ0) is 18.9. The fourth-order valence-electron chi connectivity index (χ4n) is 2.41. The standard InChI is InChI=1S/C20H21NO5/c1-14(21-18(22)13-15-8-4-3-5-9-15)12-19(23)26-17-11-7-6-10-16(17)20(24)25-2/h3-11,14H,12-13H2,1-2H3,(H,21,22). The Balaban J connectivity index is 1.88. The maximum atomic E-state index is 12.1. The summed E-state index contributed by atoms with van der Waals surface area (Å²) in [7, 11) is 1.26. The van der Waals surface area contributed by atoms with Crippen LogP contribution in [0.5, 0.6) is 5.75 Å². The van der Waals surface area contributed by atoms with Gasteiger partial charge in [-0.1, -0.05) is 42.5 Å². The molecule has 1 N–H and O–H groups in total. The largest absolute Gasteiger partial charge is 0.465 e. The van der Waals surface area contributed by atoms with Gasteiger partial charge in [-0.05, 0) is 24.6 Å². The fourth-order valence-corrected chi connectivity index (χ4v) is 2.41. The van der Waals surface area contributed by atoms with Crippen molar-refractivity contribution in [1.82, 2.24) is 5.32 Å². The molecule has 0 bridgehead atoms. The molecule has 0 fully saturated rings. The first-order valence-electron chi connectivity index (χ1n) is 8.21. The van der Waals surface area contributed by atoms with Gasteiger partial charge in [0, 0.05) is 6.04 Å². The van der Waals surface area contributed by atoms with Crippen molar-refractivity contribution < 1.29 is 23.9 Å². The first-order valence-corrected chi connectivity index (χ1v) is 8.21. The summed E-state index contributed by atoms with van der Waals surface area (Å²) in [6.45, 7) is 1.72. The molecular formula is C20H21NO5. The monoisotopic (exact) mass is 355 g/mol. The van der Waals surface area contributed by atoms with E-state index in [-0.39, 0.29) is 30.1 Å². The lowest BCUT2D eigenvalue weighted by Crippen LogP contribution is -2.36. The zero-order valence-corrected chi connectivity index (χ0v) is 14.7. The van der Waals surface area contributed by atoms with Gasteiger partial charge in [-0.2, -0.15) is 0 Å². The van der Waals surface area contributed by atoms with E-state index >= 15 is 0 Å². The highest BCUT2D eigenvalue weighted by Gasteiger charge is 2.18. The highest BCUT2D eigenvalue weighted by molar-refractivity contribution is 5.93. The summed E-state index contributed by atoms with van der Waals surface area (Å²) in [4.78, 5) is 35.8. The van der Waals surface area contributed by atoms with Crippen molar-refractivity contribution >= 4 is 17.8 Å². The maximum absolute atomic E-state index is 12.1. The number of carbonyl (C=O) groups excluding carboxylic acids is 3. The smallest absolute Gasteiger partial charge is 0.341 e. The highest BCUT2D eigenvalue weighted by Crippen LogP contribution is 2.19. The van der Waals surface area contributed by atoms with E-state index in [1.165, 1.54) is 19.2 Å². The molecule has 0 saturated heterocycles. The molecular weight excluding hydrogens is 334 g/mol. The van der Waals surface area contributed by atoms with Crippen LogP contribution in [0.25, 0.3) is 0 Å². The lowest BCUT2D eigenvalue weighted by Gasteiger charge is -2.14. The van der Waals surface area contributed by atoms with Gasteiger partial charge in [0.25, 0.3) is 0 Å². The number of rotatable bonds is 7. The minimum absolute atomic E-state index is 0.0178. The van der Waals surface area contributed by atoms with E-state index in [2.05, 4.69) is 10.1 Å². The molecule has 0 spiro atoms. The minimum atomic E-state index is -0.586. The number of ether oxygens (including phenoxy) is 2. The predicted octanol–water partition coefficient (Wildman–Crippen LogP) is 2.52. The summed E-state index contributed by atoms with van der Waals surface area (Å²) in [5.41, 5.74) is 1.07. The molecule has 0 heterocycles. The summed E-state index contributed by atoms with van der Waals surface area (Å²) in [5.74, 6) is -1.18. The third-order valence-electron chi connectivity index (χ3n) is 3.60. The van der Waals surface area contributed by atoms with Crippen LogP contribution < -0.4 is 10.1 Å². The van der Waals surface area contributed by atoms with Crippen molar-refractivity contribution in [2.24, 2.45) is 0 Å². The van der Waals surface area contributed by atoms with Crippen LogP contribution in [-0.4, -0.2) is 31.0 Å². The number of para-hydroxylation sites is 1. The number of amides is 1. The van der Waals surface area contributed by atoms with E-state index in [0.717, 1.165) is 5.56 Å². The molecule has 136 valence electrons. The van der Waals surface area contributed by atoms with Gasteiger partial charge in [0.05, 0.1) is 20.0 Å². The van der Waals surface area contributed by atoms with E-state index < -0.39 is 18.0 Å². The molecule has 2 aromatic carbocycles. The van der Waals surface area contributed by atoms with Crippen LogP contribution >= 0.6 is 0 Å². The summed E-state index contributed by atoms with van der Waals surface area (Å²) in [6, 6.07) is 15.3. The van der Waals surface area contributed by atoms with E-state index in [1.807, 2.05) is 30.3 Å². The second-order valence-electron chi connectivity index (χ2n) is 5.80. The summed E-state index contributed by atoms with van der Waals surface area (Å²) < 4.78 is 9.91. The number of carbonyl (C=O) groups is 3. The van der Waals surface area contributed by atoms with Crippen molar-refractivity contribution in [3.63, 3.8) is 0 Å². The Kier molecular flexibility index (Phi) is 6.91. The van der Waals surface area contributed by atoms with Crippen molar-refractivity contribution in [2.75, 3.05) is 7.11 Å². The minimum Gasteiger partial charge on any atom is -0.465 e. The molecule has 2 rings (SSSR count). The lowest BCUT2D eigenvalue weighted by atomic mass is 10.1. The third-order valence-corrected chi connectivity index (χ3v) is 3.60. The van der Waals surface area contributed by atoms with Gasteiger partial charge in [0.1, 0.15) is 11.3 Å². The Morgan fingerprint density at radius 2 is 1.65 bits per heavy atom. The van der Waals surface area contributed by atoms with Crippen LogP contribution in [0.2, 0.25) is 0 Å². The Morgan fingerprint density at radius 3 is 2.35 bits per heavy atom. The normalized spacial score (nSPS) is 11.3. The van der Waals surface area contributed by atoms with Crippen molar-refractivity contribution in [1.29, 1.82) is 0 Å². The topological polar surface area (TPSA) is 81.7 Å². The fraction of sp³-hybridized carbons (Fsp3) is 0.250. The highest BCUT2D eigenvalue weighted by atomic mass is 16.5. The van der Waals surface area contributed by atoms with Crippen molar-refractivity contribution in [3.8, 4) is 5.75 Å². The quantitative estimate of drug-likeness (QED) is 0.610. The molecule has 0 aliphatic heterocycles. The second kappa shape index (κ2) is 9.36. The van der Waals surface area contributed by atoms with Gasteiger partial charge < -0.3 is 14.8 Å². The average molecular weight is 355 g/mol. The second-order valence-corrected chi connectivity index (χ2v) is 5.80. The molecule has 1 amide bonds. The van der Waals surface area contributed by atoms with Gasteiger partial charge >= 0.3 is 11.9 Å². The Bertz CT molecular complexity index is 773. The van der Waals surface area contributed by atoms with Gasteiger partial charge in [-0.3, -0.25) is 9.59 Å². The van der Waals surface area contributed by atoms with Crippen LogP contribution in [0.1, 0.15) is 29.3 Å². The van der Waals surface area contributed by atoms with Crippen LogP contribution in [0.15, 0.2) is 54.6 Å². The van der Waals surface area contributed by atoms with Crippen LogP contribution in [0.4, 0.5) is 0 Å². The average Bonchev–Trinajstić information content (AvgIpc) is 2.62. The Morgan fingerprint density at radius 1 is 1.00 bits per heavy atom. The van der Waals surface area contributed by atoms with E-state index in [9.17, 15) is 14.4 Å². The van der Waals surface area contributed by atoms with Crippen LogP contribution in [-0.2, 0) is 20.7 Å². The number of benzene rings is 2. The first kappa shape index (κ1) is 19.2. The predicted molar refractivity (Wildman–Crippen MR) is 95.8 cm³/mol. The van der Waals surface area contributed by atoms with Crippen LogP contribution in [0, 0.1) is 0 Å². The molecule has 6 nitrogen and oxygen atoms in total. The summed E-state index contributed by atoms with van der Waals surface area (Å²) >= 11 is 0. The molecule has 1 unspecified atom stereocenters. The van der Waals surface area contributed by atoms with E-state index in [1.54, 1.807) is 19.1 Å². The summed E-state index contributed by atoms with van der Waals surface area (Å²) in [5, 5.41) is 2.76. The molecule has 6 heteroatoms. The molecule has 0 saturated carbocycles. The number of esters is 2. The summed E-state index contributed by atoms with van der Waals surface area (Å²) in [6.07, 6.45) is 0.224. The number of hydrogen-bond acceptors (Lipinski definition) is 5. The molecule has 0 aromatic heterocycles. The Hall–Kier alpha value is -3.15. The van der Waals surface area contributed by atoms with E-state index in [0.29, 0.717) is 0 Å². The maximum Gasteiger partial charge on any atom is 0.341 e. The van der Waals surface area contributed by atoms with Crippen molar-refractivity contribution in [3.05, 3.63) is 65.7 Å². The first-order chi connectivity index (χ1) is 12.5. The zero-order valence-electron chi connectivity index (χ0n) is 14.7. The molecule has 0 aliphatic rings. The number of nitrogens with one attached hydrogen (secondary N) is 1. The molecule has 0 radical (unpaired) electrons. The molecule has 0 aliphatic carbocycles. The van der Waals surface area contributed by atoms with Crippen molar-refractivity contribution in [2.45, 2.75) is 25.8 Å². The lowest BCUT2D eigenvalue weighted by molar-refractivity contribution is -0.135. The van der Waals surface area contributed by atoms with Gasteiger partial charge in [-0.25, -0.2) is 4.79 Å². The van der Waals surface area contributed by atoms with Gasteiger partial charge in [0.15, 0.2) is 0 Å². The Labute approximate surface area is 152 Å². The van der Waals surface area contributed by atoms with Gasteiger partial charge in [-0.15, -0.1) is 0 Å². The number of methoxy groups -OCH3 is 1. The van der Waals surface area contributed by atoms with E-state index in [4.69, 9.17) is 4.74 Å². The van der Waals surface area contributed by atoms with Crippen LogP contribution in [0.3, 0.4) is 0 Å². The number of hydrogen-bond donors (Lipinski definition) is 1. The molecule has 2 aromatic rings. The molecule has 26 heavy (non-hydrogen) atoms. The SMILES string of the molecule is COC(=O)c1ccccc1OC(=O)CC(C)NC(=O)Cc1ccccc1. The third kappa shape index (κ3) is 5.73. The van der Waals surface area contributed by atoms with Gasteiger partial charge in [0.2, 0.25) is 5.91 Å². The molecule has 1 atom stereocenters.